The monoisotopic (exact) mass is 377 g/mol. The summed E-state index contributed by atoms with van der Waals surface area (Å²) in [6, 6.07) is 6.35. The van der Waals surface area contributed by atoms with Crippen molar-refractivity contribution in [2.75, 3.05) is 50.5 Å². The third kappa shape index (κ3) is 3.50. The zero-order valence-electron chi connectivity index (χ0n) is 14.4. The van der Waals surface area contributed by atoms with Crippen LogP contribution in [0.4, 0.5) is 5.13 Å². The first-order valence-corrected chi connectivity index (χ1v) is 10.9. The number of carbonyl (C=O) groups is 1. The van der Waals surface area contributed by atoms with E-state index in [0.29, 0.717) is 19.1 Å². The average molecular weight is 378 g/mol. The maximum Gasteiger partial charge on any atom is 0.227 e. The van der Waals surface area contributed by atoms with Crippen molar-refractivity contribution >= 4 is 44.4 Å². The first-order chi connectivity index (χ1) is 12.3. The second-order valence-corrected chi connectivity index (χ2v) is 8.38. The minimum absolute atomic E-state index is 0.0823. The van der Waals surface area contributed by atoms with E-state index in [0.717, 1.165) is 49.7 Å². The number of amides is 1. The van der Waals surface area contributed by atoms with Crippen LogP contribution in [0.25, 0.3) is 10.2 Å². The number of carbonyl (C=O) groups excluding carboxylic acids is 1. The van der Waals surface area contributed by atoms with Crippen molar-refractivity contribution < 1.29 is 9.53 Å². The molecule has 2 aromatic rings. The normalized spacial score (nSPS) is 21.7. The number of thiazole rings is 1. The number of nitrogens with zero attached hydrogens (tertiary/aromatic N) is 3. The molecule has 25 heavy (non-hydrogen) atoms. The van der Waals surface area contributed by atoms with Crippen LogP contribution in [0.3, 0.4) is 0 Å². The Balaban J connectivity index is 1.52. The number of benzene rings is 1. The number of anilines is 1. The lowest BCUT2D eigenvalue weighted by molar-refractivity contribution is -0.139. The van der Waals surface area contributed by atoms with Gasteiger partial charge in [0.15, 0.2) is 5.13 Å². The largest absolute Gasteiger partial charge is 0.378 e. The highest BCUT2D eigenvalue weighted by Crippen LogP contribution is 2.35. The van der Waals surface area contributed by atoms with E-state index in [1.807, 2.05) is 4.90 Å². The van der Waals surface area contributed by atoms with E-state index in [-0.39, 0.29) is 5.92 Å². The van der Waals surface area contributed by atoms with E-state index < -0.39 is 0 Å². The molecular formula is C18H23N3O2S2. The Morgan fingerprint density at radius 1 is 1.32 bits per heavy atom. The summed E-state index contributed by atoms with van der Waals surface area (Å²) in [5.74, 6) is 0.373. The fraction of sp³-hybridized carbons (Fsp3) is 0.556. The number of aromatic nitrogens is 1. The van der Waals surface area contributed by atoms with Gasteiger partial charge in [-0.1, -0.05) is 17.4 Å². The number of para-hydroxylation sites is 1. The van der Waals surface area contributed by atoms with E-state index in [2.05, 4.69) is 29.4 Å². The lowest BCUT2D eigenvalue weighted by Gasteiger charge is -2.36. The van der Waals surface area contributed by atoms with Crippen molar-refractivity contribution in [1.82, 2.24) is 9.88 Å². The lowest BCUT2D eigenvalue weighted by atomic mass is 9.96. The van der Waals surface area contributed by atoms with Gasteiger partial charge in [0.25, 0.3) is 0 Å². The van der Waals surface area contributed by atoms with Gasteiger partial charge >= 0.3 is 0 Å². The fourth-order valence-electron chi connectivity index (χ4n) is 3.61. The molecule has 1 aromatic heterocycles. The molecule has 1 aromatic carbocycles. The highest BCUT2D eigenvalue weighted by molar-refractivity contribution is 7.98. The standard InChI is InChI=1S/C18H23N3O2S2/c1-24-14-5-2-6-15-16(14)19-18(25-15)21-7-3-4-13(12-21)17(22)20-8-10-23-11-9-20/h2,5-6,13H,3-4,7-12H2,1H3. The molecular weight excluding hydrogens is 354 g/mol. The molecule has 0 radical (unpaired) electrons. The number of rotatable bonds is 3. The van der Waals surface area contributed by atoms with Crippen LogP contribution in [0.2, 0.25) is 0 Å². The Labute approximate surface area is 156 Å². The van der Waals surface area contributed by atoms with Gasteiger partial charge in [-0.05, 0) is 31.2 Å². The summed E-state index contributed by atoms with van der Waals surface area (Å²) in [7, 11) is 0. The van der Waals surface area contributed by atoms with Gasteiger partial charge in [-0.15, -0.1) is 11.8 Å². The third-order valence-corrected chi connectivity index (χ3v) is 6.81. The van der Waals surface area contributed by atoms with Gasteiger partial charge < -0.3 is 14.5 Å². The molecule has 134 valence electrons. The summed E-state index contributed by atoms with van der Waals surface area (Å²) in [6.45, 7) is 4.56. The fourth-order valence-corrected chi connectivity index (χ4v) is 5.26. The number of piperidine rings is 1. The molecule has 3 heterocycles. The van der Waals surface area contributed by atoms with Crippen LogP contribution < -0.4 is 4.90 Å². The van der Waals surface area contributed by atoms with E-state index in [1.54, 1.807) is 23.1 Å². The second-order valence-electron chi connectivity index (χ2n) is 6.53. The van der Waals surface area contributed by atoms with Crippen molar-refractivity contribution in [1.29, 1.82) is 0 Å². The Kier molecular flexibility index (Phi) is 5.15. The van der Waals surface area contributed by atoms with Crippen LogP contribution in [-0.4, -0.2) is 61.4 Å². The van der Waals surface area contributed by atoms with Gasteiger partial charge in [-0.2, -0.15) is 0 Å². The number of thioether (sulfide) groups is 1. The Morgan fingerprint density at radius 2 is 2.16 bits per heavy atom. The van der Waals surface area contributed by atoms with Gasteiger partial charge in [-0.25, -0.2) is 4.98 Å². The first-order valence-electron chi connectivity index (χ1n) is 8.81. The number of morpholine rings is 1. The molecule has 0 bridgehead atoms. The van der Waals surface area contributed by atoms with Gasteiger partial charge in [0, 0.05) is 31.1 Å². The average Bonchev–Trinajstić information content (AvgIpc) is 3.12. The van der Waals surface area contributed by atoms with Crippen LogP contribution in [0.15, 0.2) is 23.1 Å². The van der Waals surface area contributed by atoms with Gasteiger partial charge in [0.05, 0.1) is 29.3 Å². The third-order valence-electron chi connectivity index (χ3n) is 4.95. The summed E-state index contributed by atoms with van der Waals surface area (Å²) >= 11 is 3.47. The molecule has 0 aliphatic carbocycles. The molecule has 1 atom stereocenters. The van der Waals surface area contributed by atoms with E-state index in [4.69, 9.17) is 9.72 Å². The Bertz CT molecular complexity index is 758. The molecule has 2 fully saturated rings. The molecule has 0 spiro atoms. The number of hydrogen-bond donors (Lipinski definition) is 0. The van der Waals surface area contributed by atoms with Gasteiger partial charge in [0.2, 0.25) is 5.91 Å². The van der Waals surface area contributed by atoms with Crippen molar-refractivity contribution in [3.8, 4) is 0 Å². The molecule has 1 unspecified atom stereocenters. The van der Waals surface area contributed by atoms with Gasteiger partial charge in [0.1, 0.15) is 0 Å². The SMILES string of the molecule is CSc1cccc2sc(N3CCCC(C(=O)N4CCOCC4)C3)nc12. The molecule has 0 saturated carbocycles. The topological polar surface area (TPSA) is 45.7 Å². The summed E-state index contributed by atoms with van der Waals surface area (Å²) in [4.78, 5) is 23.2. The maximum absolute atomic E-state index is 12.8. The minimum atomic E-state index is 0.0823. The molecule has 2 saturated heterocycles. The second kappa shape index (κ2) is 7.51. The van der Waals surface area contributed by atoms with Crippen LogP contribution in [-0.2, 0) is 9.53 Å². The Hall–Kier alpha value is -1.31. The van der Waals surface area contributed by atoms with Crippen LogP contribution >= 0.6 is 23.1 Å². The molecule has 4 rings (SSSR count). The summed E-state index contributed by atoms with van der Waals surface area (Å²) < 4.78 is 6.59. The quantitative estimate of drug-likeness (QED) is 0.769. The highest BCUT2D eigenvalue weighted by atomic mass is 32.2. The van der Waals surface area contributed by atoms with Crippen molar-refractivity contribution in [3.63, 3.8) is 0 Å². The minimum Gasteiger partial charge on any atom is -0.378 e. The number of hydrogen-bond acceptors (Lipinski definition) is 6. The lowest BCUT2D eigenvalue weighted by Crippen LogP contribution is -2.48. The zero-order valence-corrected chi connectivity index (χ0v) is 16.1. The molecule has 2 aliphatic rings. The summed E-state index contributed by atoms with van der Waals surface area (Å²) in [6.07, 6.45) is 4.12. The maximum atomic E-state index is 12.8. The predicted octanol–water partition coefficient (Wildman–Crippen LogP) is 3.09. The zero-order chi connectivity index (χ0) is 17.2. The molecule has 0 N–H and O–H groups in total. The summed E-state index contributed by atoms with van der Waals surface area (Å²) in [5.41, 5.74) is 1.09. The predicted molar refractivity (Wildman–Crippen MR) is 104 cm³/mol. The summed E-state index contributed by atoms with van der Waals surface area (Å²) in [5, 5.41) is 1.05. The smallest absolute Gasteiger partial charge is 0.227 e. The Morgan fingerprint density at radius 3 is 2.96 bits per heavy atom. The van der Waals surface area contributed by atoms with Gasteiger partial charge in [-0.3, -0.25) is 4.79 Å². The van der Waals surface area contributed by atoms with Crippen LogP contribution in [0.5, 0.6) is 0 Å². The highest BCUT2D eigenvalue weighted by Gasteiger charge is 2.31. The molecule has 2 aliphatic heterocycles. The van der Waals surface area contributed by atoms with E-state index >= 15 is 0 Å². The number of fused-ring (bicyclic) bond motifs is 1. The van der Waals surface area contributed by atoms with Crippen LogP contribution in [0.1, 0.15) is 12.8 Å². The molecule has 7 heteroatoms. The molecule has 5 nitrogen and oxygen atoms in total. The molecule has 1 amide bonds. The van der Waals surface area contributed by atoms with E-state index in [9.17, 15) is 4.79 Å². The van der Waals surface area contributed by atoms with Crippen molar-refractivity contribution in [2.24, 2.45) is 5.92 Å². The van der Waals surface area contributed by atoms with Crippen molar-refractivity contribution in [2.45, 2.75) is 17.7 Å². The van der Waals surface area contributed by atoms with Crippen molar-refractivity contribution in [3.05, 3.63) is 18.2 Å². The first kappa shape index (κ1) is 17.1. The van der Waals surface area contributed by atoms with Crippen LogP contribution in [0, 0.1) is 5.92 Å². The van der Waals surface area contributed by atoms with E-state index in [1.165, 1.54) is 9.60 Å². The number of ether oxygens (including phenoxy) is 1.